The second kappa shape index (κ2) is 9.24. The Morgan fingerprint density at radius 3 is 2.66 bits per heavy atom. The fourth-order valence-electron chi connectivity index (χ4n) is 2.79. The second-order valence-electron chi connectivity index (χ2n) is 7.32. The number of benzene rings is 2. The lowest BCUT2D eigenvalue weighted by Crippen LogP contribution is -2.24. The minimum Gasteiger partial charge on any atom is -0.348 e. The molecule has 3 rings (SSSR count). The number of halogens is 2. The molecular formula is C21H18ClFN4O3S2. The van der Waals surface area contributed by atoms with Crippen LogP contribution in [0.15, 0.2) is 52.9 Å². The highest BCUT2D eigenvalue weighted by Gasteiger charge is 2.23. The third kappa shape index (κ3) is 5.24. The number of hydrogen-bond acceptors (Lipinski definition) is 6. The van der Waals surface area contributed by atoms with Crippen molar-refractivity contribution in [2.75, 3.05) is 4.72 Å². The number of rotatable bonds is 7. The fourth-order valence-corrected chi connectivity index (χ4v) is 4.95. The van der Waals surface area contributed by atoms with Gasteiger partial charge < -0.3 is 5.32 Å². The first-order chi connectivity index (χ1) is 15.0. The molecule has 1 aromatic heterocycles. The van der Waals surface area contributed by atoms with Crippen LogP contribution in [-0.2, 0) is 22.0 Å². The molecule has 1 heterocycles. The molecule has 32 heavy (non-hydrogen) atoms. The van der Waals surface area contributed by atoms with Gasteiger partial charge in [-0.15, -0.1) is 11.3 Å². The third-order valence-corrected chi connectivity index (χ3v) is 7.07. The number of hydrogen-bond donors (Lipinski definition) is 2. The Bertz CT molecular complexity index is 1300. The standard InChI is InChI=1S/C21H18ClFN4O3S2/c1-21(2,12-24)16-9-13(3-6-17(16)22)11-26-19(28)15-5-4-14(10-18(15)23)32(29,30)27-20-25-7-8-31-20/h3-10H,11H2,1-2H3,(H,25,27)(H,26,28). The van der Waals surface area contributed by atoms with E-state index in [4.69, 9.17) is 11.6 Å². The van der Waals surface area contributed by atoms with Crippen molar-refractivity contribution in [3.05, 3.63) is 75.5 Å². The summed E-state index contributed by atoms with van der Waals surface area (Å²) in [5.74, 6) is -1.69. The lowest BCUT2D eigenvalue weighted by atomic mass is 9.85. The lowest BCUT2D eigenvalue weighted by Gasteiger charge is -2.18. The molecule has 166 valence electrons. The number of carbonyl (C=O) groups is 1. The number of carbonyl (C=O) groups excluding carboxylic acids is 1. The molecular weight excluding hydrogens is 475 g/mol. The summed E-state index contributed by atoms with van der Waals surface area (Å²) in [6.07, 6.45) is 1.43. The molecule has 2 aromatic carbocycles. The highest BCUT2D eigenvalue weighted by molar-refractivity contribution is 7.93. The third-order valence-electron chi connectivity index (χ3n) is 4.59. The average molecular weight is 493 g/mol. The van der Waals surface area contributed by atoms with Crippen LogP contribution in [0.4, 0.5) is 9.52 Å². The number of anilines is 1. The van der Waals surface area contributed by atoms with Crippen molar-refractivity contribution in [1.29, 1.82) is 5.26 Å². The van der Waals surface area contributed by atoms with Crippen molar-refractivity contribution in [1.82, 2.24) is 10.3 Å². The summed E-state index contributed by atoms with van der Waals surface area (Å²) in [6.45, 7) is 3.52. The van der Waals surface area contributed by atoms with Crippen LogP contribution in [0.1, 0.15) is 35.3 Å². The Hall–Kier alpha value is -3.00. The van der Waals surface area contributed by atoms with Crippen LogP contribution in [0.5, 0.6) is 0 Å². The topological polar surface area (TPSA) is 112 Å². The molecule has 0 unspecified atom stereocenters. The molecule has 0 fully saturated rings. The van der Waals surface area contributed by atoms with Crippen LogP contribution in [-0.4, -0.2) is 19.3 Å². The quantitative estimate of drug-likeness (QED) is 0.505. The first-order valence-corrected chi connectivity index (χ1v) is 12.0. The minimum atomic E-state index is -4.04. The first kappa shape index (κ1) is 23.7. The van der Waals surface area contributed by atoms with E-state index in [1.54, 1.807) is 37.4 Å². The molecule has 0 aliphatic carbocycles. The van der Waals surface area contributed by atoms with E-state index in [-0.39, 0.29) is 22.1 Å². The van der Waals surface area contributed by atoms with E-state index in [0.29, 0.717) is 16.1 Å². The first-order valence-electron chi connectivity index (χ1n) is 9.24. The highest BCUT2D eigenvalue weighted by Crippen LogP contribution is 2.30. The maximum atomic E-state index is 14.5. The van der Waals surface area contributed by atoms with Gasteiger partial charge in [-0.25, -0.2) is 17.8 Å². The summed E-state index contributed by atoms with van der Waals surface area (Å²) in [7, 11) is -4.04. The van der Waals surface area contributed by atoms with Crippen molar-refractivity contribution < 1.29 is 17.6 Å². The van der Waals surface area contributed by atoms with Crippen LogP contribution >= 0.6 is 22.9 Å². The maximum Gasteiger partial charge on any atom is 0.263 e. The van der Waals surface area contributed by atoms with Gasteiger partial charge in [-0.05, 0) is 49.2 Å². The van der Waals surface area contributed by atoms with Crippen LogP contribution in [0, 0.1) is 17.1 Å². The Kier molecular flexibility index (Phi) is 6.83. The van der Waals surface area contributed by atoms with Crippen molar-refractivity contribution >= 4 is 44.0 Å². The number of thiazole rings is 1. The van der Waals surface area contributed by atoms with E-state index in [1.807, 2.05) is 0 Å². The van der Waals surface area contributed by atoms with Gasteiger partial charge in [0.15, 0.2) is 5.13 Å². The molecule has 0 aliphatic heterocycles. The second-order valence-corrected chi connectivity index (χ2v) is 10.3. The van der Waals surface area contributed by atoms with Crippen molar-refractivity contribution in [3.8, 4) is 6.07 Å². The molecule has 3 aromatic rings. The lowest BCUT2D eigenvalue weighted by molar-refractivity contribution is 0.0946. The van der Waals surface area contributed by atoms with Crippen LogP contribution in [0.2, 0.25) is 5.02 Å². The summed E-state index contributed by atoms with van der Waals surface area (Å²) >= 11 is 7.27. The van der Waals surface area contributed by atoms with Gasteiger partial charge in [-0.3, -0.25) is 9.52 Å². The van der Waals surface area contributed by atoms with Crippen molar-refractivity contribution in [3.63, 3.8) is 0 Å². The van der Waals surface area contributed by atoms with E-state index < -0.39 is 27.2 Å². The van der Waals surface area contributed by atoms with E-state index in [0.717, 1.165) is 29.5 Å². The zero-order valence-corrected chi connectivity index (χ0v) is 19.4. The summed E-state index contributed by atoms with van der Waals surface area (Å²) < 4.78 is 41.5. The van der Waals surface area contributed by atoms with Gasteiger partial charge in [0.2, 0.25) is 0 Å². The zero-order chi connectivity index (χ0) is 23.5. The van der Waals surface area contributed by atoms with Crippen LogP contribution < -0.4 is 10.0 Å². The fraction of sp³-hybridized carbons (Fsp3) is 0.190. The number of sulfonamides is 1. The molecule has 7 nitrogen and oxygen atoms in total. The highest BCUT2D eigenvalue weighted by atomic mass is 35.5. The summed E-state index contributed by atoms with van der Waals surface area (Å²) in [5, 5.41) is 14.1. The molecule has 0 saturated carbocycles. The number of nitrogens with zero attached hydrogens (tertiary/aromatic N) is 2. The van der Waals surface area contributed by atoms with E-state index >= 15 is 0 Å². The molecule has 0 radical (unpaired) electrons. The molecule has 0 saturated heterocycles. The van der Waals surface area contributed by atoms with E-state index in [2.05, 4.69) is 21.1 Å². The predicted molar refractivity (Wildman–Crippen MR) is 121 cm³/mol. The predicted octanol–water partition coefficient (Wildman–Crippen LogP) is 4.47. The molecule has 11 heteroatoms. The number of nitriles is 1. The van der Waals surface area contributed by atoms with E-state index in [1.165, 1.54) is 6.20 Å². The van der Waals surface area contributed by atoms with Gasteiger partial charge in [0.05, 0.1) is 21.9 Å². The van der Waals surface area contributed by atoms with Gasteiger partial charge in [-0.2, -0.15) is 5.26 Å². The SMILES string of the molecule is CC(C)(C#N)c1cc(CNC(=O)c2ccc(S(=O)(=O)Nc3nccs3)cc2F)ccc1Cl. The Balaban J connectivity index is 1.74. The molecule has 0 bridgehead atoms. The van der Waals surface area contributed by atoms with Crippen molar-refractivity contribution in [2.24, 2.45) is 0 Å². The van der Waals surface area contributed by atoms with Gasteiger partial charge in [-0.1, -0.05) is 23.7 Å². The number of aromatic nitrogens is 1. The molecule has 0 aliphatic rings. The zero-order valence-electron chi connectivity index (χ0n) is 17.0. The monoisotopic (exact) mass is 492 g/mol. The smallest absolute Gasteiger partial charge is 0.263 e. The normalized spacial score (nSPS) is 11.6. The van der Waals surface area contributed by atoms with Gasteiger partial charge in [0.1, 0.15) is 5.82 Å². The molecule has 1 amide bonds. The Labute approximate surface area is 193 Å². The molecule has 2 N–H and O–H groups in total. The minimum absolute atomic E-state index is 0.0651. The maximum absolute atomic E-state index is 14.5. The average Bonchev–Trinajstić information content (AvgIpc) is 3.25. The number of amides is 1. The largest absolute Gasteiger partial charge is 0.348 e. The van der Waals surface area contributed by atoms with E-state index in [9.17, 15) is 22.9 Å². The Morgan fingerprint density at radius 1 is 1.28 bits per heavy atom. The van der Waals surface area contributed by atoms with Crippen LogP contribution in [0.3, 0.4) is 0 Å². The van der Waals surface area contributed by atoms with Crippen molar-refractivity contribution in [2.45, 2.75) is 30.7 Å². The molecule has 0 spiro atoms. The summed E-state index contributed by atoms with van der Waals surface area (Å²) in [4.78, 5) is 16.0. The van der Waals surface area contributed by atoms with Gasteiger partial charge in [0, 0.05) is 23.1 Å². The Morgan fingerprint density at radius 2 is 2.03 bits per heavy atom. The molecule has 0 atom stereocenters. The van der Waals surface area contributed by atoms with Crippen LogP contribution in [0.25, 0.3) is 0 Å². The van der Waals surface area contributed by atoms with Gasteiger partial charge in [0.25, 0.3) is 15.9 Å². The number of nitrogens with one attached hydrogen (secondary N) is 2. The summed E-state index contributed by atoms with van der Waals surface area (Å²) in [5.41, 5.74) is 0.164. The summed E-state index contributed by atoms with van der Waals surface area (Å²) in [6, 6.07) is 10.2. The van der Waals surface area contributed by atoms with Gasteiger partial charge >= 0.3 is 0 Å².